The summed E-state index contributed by atoms with van der Waals surface area (Å²) in [4.78, 5) is 20.2. The minimum atomic E-state index is -0.978. The first-order chi connectivity index (χ1) is 10.7. The number of aromatic carboxylic acids is 1. The number of imidazole rings is 1. The van der Waals surface area contributed by atoms with Crippen molar-refractivity contribution in [3.63, 3.8) is 0 Å². The summed E-state index contributed by atoms with van der Waals surface area (Å²) in [6.45, 7) is 0. The van der Waals surface area contributed by atoms with Crippen molar-refractivity contribution in [1.82, 2.24) is 14.5 Å². The van der Waals surface area contributed by atoms with E-state index in [1.54, 1.807) is 6.07 Å². The number of hydrogen-bond donors (Lipinski definition) is 1. The molecule has 2 aromatic heterocycles. The third-order valence-electron chi connectivity index (χ3n) is 4.25. The van der Waals surface area contributed by atoms with Crippen molar-refractivity contribution in [3.8, 4) is 11.4 Å². The zero-order valence-electron chi connectivity index (χ0n) is 11.9. The summed E-state index contributed by atoms with van der Waals surface area (Å²) in [6, 6.07) is 12.0. The number of benzene rings is 1. The van der Waals surface area contributed by atoms with Gasteiger partial charge in [0.1, 0.15) is 11.3 Å². The van der Waals surface area contributed by atoms with Gasteiger partial charge < -0.3 is 9.67 Å². The first-order valence-corrected chi connectivity index (χ1v) is 7.41. The SMILES string of the molecule is O=C(O)c1cnc2c(c1)nc(-c1ccccc1)n2C1CCC1. The maximum absolute atomic E-state index is 11.1. The molecule has 0 saturated heterocycles. The molecular formula is C17H15N3O2. The highest BCUT2D eigenvalue weighted by atomic mass is 16.4. The van der Waals surface area contributed by atoms with Crippen LogP contribution in [0.15, 0.2) is 42.6 Å². The molecule has 1 aromatic carbocycles. The Morgan fingerprint density at radius 2 is 2.00 bits per heavy atom. The van der Waals surface area contributed by atoms with E-state index in [4.69, 9.17) is 5.11 Å². The molecule has 0 unspecified atom stereocenters. The molecule has 2 heterocycles. The minimum absolute atomic E-state index is 0.172. The van der Waals surface area contributed by atoms with Crippen molar-refractivity contribution in [2.45, 2.75) is 25.3 Å². The first-order valence-electron chi connectivity index (χ1n) is 7.41. The van der Waals surface area contributed by atoms with E-state index in [2.05, 4.69) is 14.5 Å². The standard InChI is InChI=1S/C17H15N3O2/c21-17(22)12-9-14-16(18-10-12)20(13-7-4-8-13)15(19-14)11-5-2-1-3-6-11/h1-3,5-6,9-10,13H,4,7-8H2,(H,21,22). The van der Waals surface area contributed by atoms with Gasteiger partial charge in [0.05, 0.1) is 5.56 Å². The van der Waals surface area contributed by atoms with Gasteiger partial charge in [-0.05, 0) is 25.3 Å². The van der Waals surface area contributed by atoms with Crippen molar-refractivity contribution in [1.29, 1.82) is 0 Å². The molecule has 1 fully saturated rings. The van der Waals surface area contributed by atoms with E-state index in [-0.39, 0.29) is 5.56 Å². The molecule has 4 rings (SSSR count). The minimum Gasteiger partial charge on any atom is -0.478 e. The molecule has 0 spiro atoms. The Bertz CT molecular complexity index is 851. The Kier molecular flexibility index (Phi) is 2.92. The molecular weight excluding hydrogens is 278 g/mol. The van der Waals surface area contributed by atoms with Gasteiger partial charge in [-0.2, -0.15) is 0 Å². The third-order valence-corrected chi connectivity index (χ3v) is 4.25. The number of aromatic nitrogens is 3. The molecule has 0 atom stereocenters. The lowest BCUT2D eigenvalue weighted by atomic mass is 9.92. The largest absolute Gasteiger partial charge is 0.478 e. The molecule has 110 valence electrons. The normalized spacial score (nSPS) is 14.9. The predicted octanol–water partition coefficient (Wildman–Crippen LogP) is 3.52. The summed E-state index contributed by atoms with van der Waals surface area (Å²) < 4.78 is 2.17. The van der Waals surface area contributed by atoms with E-state index in [1.165, 1.54) is 12.6 Å². The van der Waals surface area contributed by atoms with Gasteiger partial charge >= 0.3 is 5.97 Å². The van der Waals surface area contributed by atoms with Crippen LogP contribution in [0.1, 0.15) is 35.7 Å². The van der Waals surface area contributed by atoms with Crippen LogP contribution >= 0.6 is 0 Å². The molecule has 5 nitrogen and oxygen atoms in total. The summed E-state index contributed by atoms with van der Waals surface area (Å²) in [7, 11) is 0. The van der Waals surface area contributed by atoms with Crippen LogP contribution in [0.3, 0.4) is 0 Å². The Labute approximate surface area is 127 Å². The quantitative estimate of drug-likeness (QED) is 0.802. The number of rotatable bonds is 3. The highest BCUT2D eigenvalue weighted by Crippen LogP contribution is 2.37. The predicted molar refractivity (Wildman–Crippen MR) is 82.8 cm³/mol. The van der Waals surface area contributed by atoms with Gasteiger partial charge in [0.25, 0.3) is 0 Å². The van der Waals surface area contributed by atoms with Gasteiger partial charge in [0.15, 0.2) is 5.65 Å². The van der Waals surface area contributed by atoms with Crippen LogP contribution < -0.4 is 0 Å². The fraction of sp³-hybridized carbons (Fsp3) is 0.235. The average Bonchev–Trinajstić information content (AvgIpc) is 2.85. The average molecular weight is 293 g/mol. The van der Waals surface area contributed by atoms with E-state index in [9.17, 15) is 4.79 Å². The molecule has 1 N–H and O–H groups in total. The van der Waals surface area contributed by atoms with Crippen molar-refractivity contribution in [3.05, 3.63) is 48.2 Å². The van der Waals surface area contributed by atoms with E-state index in [0.29, 0.717) is 11.6 Å². The van der Waals surface area contributed by atoms with Crippen molar-refractivity contribution in [2.75, 3.05) is 0 Å². The maximum atomic E-state index is 11.1. The van der Waals surface area contributed by atoms with Crippen LogP contribution in [0.5, 0.6) is 0 Å². The van der Waals surface area contributed by atoms with Crippen LogP contribution in [0, 0.1) is 0 Å². The van der Waals surface area contributed by atoms with E-state index >= 15 is 0 Å². The third kappa shape index (κ3) is 1.97. The molecule has 5 heteroatoms. The van der Waals surface area contributed by atoms with Crippen molar-refractivity contribution in [2.24, 2.45) is 0 Å². The number of nitrogens with zero attached hydrogens (tertiary/aromatic N) is 3. The van der Waals surface area contributed by atoms with E-state index in [1.807, 2.05) is 30.3 Å². The van der Waals surface area contributed by atoms with Crippen LogP contribution in [-0.4, -0.2) is 25.6 Å². The second-order valence-corrected chi connectivity index (χ2v) is 5.63. The van der Waals surface area contributed by atoms with Gasteiger partial charge in [0, 0.05) is 17.8 Å². The molecule has 3 aromatic rings. The maximum Gasteiger partial charge on any atom is 0.337 e. The lowest BCUT2D eigenvalue weighted by molar-refractivity contribution is 0.0696. The zero-order valence-corrected chi connectivity index (χ0v) is 11.9. The molecule has 0 radical (unpaired) electrons. The van der Waals surface area contributed by atoms with Crippen LogP contribution in [-0.2, 0) is 0 Å². The molecule has 0 bridgehead atoms. The van der Waals surface area contributed by atoms with Crippen LogP contribution in [0.4, 0.5) is 0 Å². The molecule has 0 amide bonds. The Morgan fingerprint density at radius 1 is 1.23 bits per heavy atom. The molecule has 0 aliphatic heterocycles. The molecule has 1 aliphatic rings. The summed E-state index contributed by atoms with van der Waals surface area (Å²) >= 11 is 0. The molecule has 1 saturated carbocycles. The second kappa shape index (κ2) is 4.94. The number of carbonyl (C=O) groups is 1. The smallest absolute Gasteiger partial charge is 0.337 e. The van der Waals surface area contributed by atoms with Gasteiger partial charge in [-0.15, -0.1) is 0 Å². The fourth-order valence-electron chi connectivity index (χ4n) is 2.88. The van der Waals surface area contributed by atoms with E-state index in [0.717, 1.165) is 29.9 Å². The number of carboxylic acid groups (broad SMARTS) is 1. The topological polar surface area (TPSA) is 68.0 Å². The number of fused-ring (bicyclic) bond motifs is 1. The number of pyridine rings is 1. The Balaban J connectivity index is 1.96. The van der Waals surface area contributed by atoms with Crippen LogP contribution in [0.25, 0.3) is 22.6 Å². The van der Waals surface area contributed by atoms with Crippen molar-refractivity contribution >= 4 is 17.1 Å². The monoisotopic (exact) mass is 293 g/mol. The number of carboxylic acids is 1. The highest BCUT2D eigenvalue weighted by Gasteiger charge is 2.26. The molecule has 22 heavy (non-hydrogen) atoms. The van der Waals surface area contributed by atoms with Gasteiger partial charge in [-0.3, -0.25) is 0 Å². The number of hydrogen-bond acceptors (Lipinski definition) is 3. The second-order valence-electron chi connectivity index (χ2n) is 5.63. The first kappa shape index (κ1) is 13.0. The lowest BCUT2D eigenvalue weighted by Crippen LogP contribution is -2.18. The van der Waals surface area contributed by atoms with E-state index < -0.39 is 5.97 Å². The zero-order chi connectivity index (χ0) is 15.1. The summed E-state index contributed by atoms with van der Waals surface area (Å²) in [5, 5.41) is 9.13. The van der Waals surface area contributed by atoms with Gasteiger partial charge in [-0.25, -0.2) is 14.8 Å². The molecule has 1 aliphatic carbocycles. The Hall–Kier alpha value is -2.69. The Morgan fingerprint density at radius 3 is 2.64 bits per heavy atom. The van der Waals surface area contributed by atoms with Crippen molar-refractivity contribution < 1.29 is 9.90 Å². The lowest BCUT2D eigenvalue weighted by Gasteiger charge is -2.28. The van der Waals surface area contributed by atoms with Gasteiger partial charge in [0.2, 0.25) is 0 Å². The fourth-order valence-corrected chi connectivity index (χ4v) is 2.88. The summed E-state index contributed by atoms with van der Waals surface area (Å²) in [5.74, 6) is -0.107. The van der Waals surface area contributed by atoms with Gasteiger partial charge in [-0.1, -0.05) is 30.3 Å². The summed E-state index contributed by atoms with van der Waals surface area (Å²) in [5.41, 5.74) is 2.62. The highest BCUT2D eigenvalue weighted by molar-refractivity contribution is 5.91. The van der Waals surface area contributed by atoms with Crippen LogP contribution in [0.2, 0.25) is 0 Å². The summed E-state index contributed by atoms with van der Waals surface area (Å²) in [6.07, 6.45) is 4.86.